The van der Waals surface area contributed by atoms with E-state index in [1.165, 1.54) is 18.2 Å². The van der Waals surface area contributed by atoms with Crippen molar-refractivity contribution in [1.82, 2.24) is 5.32 Å². The number of hydrogen-bond acceptors (Lipinski definition) is 5. The molecule has 24 heavy (non-hydrogen) atoms. The number of alkyl halides is 3. The van der Waals surface area contributed by atoms with E-state index in [9.17, 15) is 28.2 Å². The molecule has 0 aliphatic heterocycles. The summed E-state index contributed by atoms with van der Waals surface area (Å²) in [5, 5.41) is 22.2. The zero-order chi connectivity index (χ0) is 18.5. The fraction of sp³-hybridized carbons (Fsp3) is 0.533. The van der Waals surface area contributed by atoms with Crippen LogP contribution < -0.4 is 5.32 Å². The third-order valence-corrected chi connectivity index (χ3v) is 3.37. The number of benzene rings is 1. The molecule has 0 heterocycles. The molecular weight excluding hydrogens is 347 g/mol. The van der Waals surface area contributed by atoms with Crippen molar-refractivity contribution in [2.45, 2.75) is 49.0 Å². The zero-order valence-corrected chi connectivity index (χ0v) is 14.2. The van der Waals surface area contributed by atoms with Crippen LogP contribution in [0.3, 0.4) is 0 Å². The van der Waals surface area contributed by atoms with E-state index in [1.807, 2.05) is 0 Å². The first kappa shape index (κ1) is 20.6. The van der Waals surface area contributed by atoms with Crippen LogP contribution in [0, 0.1) is 0 Å². The van der Waals surface area contributed by atoms with Crippen LogP contribution in [-0.4, -0.2) is 40.1 Å². The minimum Gasteiger partial charge on any atom is -0.444 e. The average molecular weight is 367 g/mol. The van der Waals surface area contributed by atoms with Gasteiger partial charge in [-0.25, -0.2) is 4.79 Å². The molecule has 0 saturated carbocycles. The fourth-order valence-corrected chi connectivity index (χ4v) is 2.34. The van der Waals surface area contributed by atoms with Gasteiger partial charge in [0.2, 0.25) is 0 Å². The van der Waals surface area contributed by atoms with Crippen LogP contribution >= 0.6 is 11.8 Å². The van der Waals surface area contributed by atoms with Crippen molar-refractivity contribution >= 4 is 17.9 Å². The first-order valence-corrected chi connectivity index (χ1v) is 7.88. The van der Waals surface area contributed by atoms with E-state index in [2.05, 4.69) is 5.32 Å². The number of alkyl carbamates (subject to hydrolysis) is 1. The number of carbonyl (C=O) groups excluding carboxylic acids is 1. The van der Waals surface area contributed by atoms with E-state index >= 15 is 0 Å². The predicted octanol–water partition coefficient (Wildman–Crippen LogP) is 3.22. The lowest BCUT2D eigenvalue weighted by molar-refractivity contribution is -0.0328. The van der Waals surface area contributed by atoms with Crippen LogP contribution in [0.2, 0.25) is 0 Å². The Kier molecular flexibility index (Phi) is 6.94. The number of thioether (sulfide) groups is 1. The van der Waals surface area contributed by atoms with Gasteiger partial charge >= 0.3 is 11.6 Å². The van der Waals surface area contributed by atoms with Crippen LogP contribution in [0.25, 0.3) is 0 Å². The van der Waals surface area contributed by atoms with Crippen LogP contribution in [-0.2, 0) is 4.74 Å². The van der Waals surface area contributed by atoms with Gasteiger partial charge in [-0.3, -0.25) is 0 Å². The van der Waals surface area contributed by atoms with E-state index in [0.717, 1.165) is 6.07 Å². The predicted molar refractivity (Wildman–Crippen MR) is 83.6 cm³/mol. The number of halogens is 3. The van der Waals surface area contributed by atoms with Gasteiger partial charge in [0.25, 0.3) is 0 Å². The molecule has 0 aliphatic carbocycles. The molecule has 2 atom stereocenters. The third-order valence-electron chi connectivity index (χ3n) is 2.65. The second-order valence-corrected chi connectivity index (χ2v) is 7.15. The molecule has 0 aromatic heterocycles. The molecule has 5 nitrogen and oxygen atoms in total. The molecule has 0 saturated heterocycles. The van der Waals surface area contributed by atoms with Gasteiger partial charge in [-0.15, -0.1) is 0 Å². The quantitative estimate of drug-likeness (QED) is 0.697. The molecule has 9 heteroatoms. The fourth-order valence-electron chi connectivity index (χ4n) is 1.73. The van der Waals surface area contributed by atoms with E-state index in [4.69, 9.17) is 4.74 Å². The maximum atomic E-state index is 12.4. The number of rotatable bonds is 5. The Bertz CT molecular complexity index is 560. The van der Waals surface area contributed by atoms with E-state index in [0.29, 0.717) is 0 Å². The molecule has 2 unspecified atom stereocenters. The summed E-state index contributed by atoms with van der Waals surface area (Å²) >= 11 is -0.314. The Morgan fingerprint density at radius 1 is 1.29 bits per heavy atom. The number of aliphatic hydroxyl groups is 2. The highest BCUT2D eigenvalue weighted by atomic mass is 32.2. The van der Waals surface area contributed by atoms with Gasteiger partial charge in [0, 0.05) is 11.4 Å². The monoisotopic (exact) mass is 367 g/mol. The van der Waals surface area contributed by atoms with Gasteiger partial charge in [0.1, 0.15) is 17.8 Å². The standard InChI is InChI=1S/C15H20F3NO4S/c1-14(2,3)23-13(22)19-8-11(20)12(21)9-5-4-6-10(7-9)24-15(16,17)18/h4-7,11-12,20-21H,8H2,1-3H3,(H,19,22). The molecule has 136 valence electrons. The van der Waals surface area contributed by atoms with E-state index < -0.39 is 29.4 Å². The van der Waals surface area contributed by atoms with Crippen LogP contribution in [0.1, 0.15) is 32.4 Å². The highest BCUT2D eigenvalue weighted by Gasteiger charge is 2.30. The molecule has 0 bridgehead atoms. The summed E-state index contributed by atoms with van der Waals surface area (Å²) in [5.74, 6) is 0. The van der Waals surface area contributed by atoms with Gasteiger partial charge in [-0.05, 0) is 50.2 Å². The van der Waals surface area contributed by atoms with E-state index in [-0.39, 0.29) is 28.8 Å². The van der Waals surface area contributed by atoms with Crippen molar-refractivity contribution in [2.75, 3.05) is 6.54 Å². The van der Waals surface area contributed by atoms with Gasteiger partial charge in [-0.1, -0.05) is 12.1 Å². The number of ether oxygens (including phenoxy) is 1. The summed E-state index contributed by atoms with van der Waals surface area (Å²) in [6.45, 7) is 4.69. The summed E-state index contributed by atoms with van der Waals surface area (Å²) in [6.07, 6.45) is -3.62. The first-order chi connectivity index (χ1) is 10.9. The first-order valence-electron chi connectivity index (χ1n) is 7.06. The highest BCUT2D eigenvalue weighted by Crippen LogP contribution is 2.37. The minimum absolute atomic E-state index is 0.105. The lowest BCUT2D eigenvalue weighted by Gasteiger charge is -2.22. The van der Waals surface area contributed by atoms with Gasteiger partial charge < -0.3 is 20.3 Å². The van der Waals surface area contributed by atoms with Gasteiger partial charge in [0.15, 0.2) is 0 Å². The number of amides is 1. The summed E-state index contributed by atoms with van der Waals surface area (Å²) in [4.78, 5) is 11.4. The van der Waals surface area contributed by atoms with Crippen LogP contribution in [0.5, 0.6) is 0 Å². The normalized spacial score (nSPS) is 14.8. The van der Waals surface area contributed by atoms with Crippen LogP contribution in [0.15, 0.2) is 29.2 Å². The molecular formula is C15H20F3NO4S. The number of aliphatic hydroxyl groups excluding tert-OH is 2. The summed E-state index contributed by atoms with van der Waals surface area (Å²) in [5.41, 5.74) is -5.04. The molecule has 1 aromatic rings. The number of carbonyl (C=O) groups is 1. The minimum atomic E-state index is -4.44. The molecule has 3 N–H and O–H groups in total. The Labute approximate surface area is 142 Å². The maximum absolute atomic E-state index is 12.4. The topological polar surface area (TPSA) is 78.8 Å². The van der Waals surface area contributed by atoms with Crippen molar-refractivity contribution in [3.8, 4) is 0 Å². The maximum Gasteiger partial charge on any atom is 0.446 e. The molecule has 0 fully saturated rings. The molecule has 0 radical (unpaired) electrons. The third kappa shape index (κ3) is 7.89. The number of hydrogen-bond donors (Lipinski definition) is 3. The van der Waals surface area contributed by atoms with Gasteiger partial charge in [-0.2, -0.15) is 13.2 Å². The smallest absolute Gasteiger partial charge is 0.444 e. The van der Waals surface area contributed by atoms with E-state index in [1.54, 1.807) is 20.8 Å². The summed E-state index contributed by atoms with van der Waals surface area (Å²) < 4.78 is 42.1. The van der Waals surface area contributed by atoms with Crippen molar-refractivity contribution in [3.05, 3.63) is 29.8 Å². The largest absolute Gasteiger partial charge is 0.446 e. The van der Waals surface area contributed by atoms with Crippen molar-refractivity contribution in [3.63, 3.8) is 0 Å². The second kappa shape index (κ2) is 8.09. The SMILES string of the molecule is CC(C)(C)OC(=O)NCC(O)C(O)c1cccc(SC(F)(F)F)c1. The highest BCUT2D eigenvalue weighted by molar-refractivity contribution is 8.00. The van der Waals surface area contributed by atoms with Crippen molar-refractivity contribution < 1.29 is 32.9 Å². The molecule has 1 amide bonds. The Balaban J connectivity index is 2.64. The van der Waals surface area contributed by atoms with Gasteiger partial charge in [0.05, 0.1) is 0 Å². The average Bonchev–Trinajstić information content (AvgIpc) is 2.40. The lowest BCUT2D eigenvalue weighted by atomic mass is 10.0. The Morgan fingerprint density at radius 2 is 1.92 bits per heavy atom. The summed E-state index contributed by atoms with van der Waals surface area (Å²) in [6, 6.07) is 5.13. The van der Waals surface area contributed by atoms with Crippen LogP contribution in [0.4, 0.5) is 18.0 Å². The lowest BCUT2D eigenvalue weighted by Crippen LogP contribution is -2.38. The molecule has 0 aliphatic rings. The molecule has 1 aromatic carbocycles. The number of nitrogens with one attached hydrogen (secondary N) is 1. The summed E-state index contributed by atoms with van der Waals surface area (Å²) in [7, 11) is 0. The zero-order valence-electron chi connectivity index (χ0n) is 13.4. The van der Waals surface area contributed by atoms with Crippen molar-refractivity contribution in [1.29, 1.82) is 0 Å². The molecule has 1 rings (SSSR count). The molecule has 0 spiro atoms. The van der Waals surface area contributed by atoms with Crippen molar-refractivity contribution in [2.24, 2.45) is 0 Å². The Hall–Kier alpha value is -1.45. The Morgan fingerprint density at radius 3 is 2.46 bits per heavy atom. The second-order valence-electron chi connectivity index (χ2n) is 6.02.